The largest absolute Gasteiger partial charge is 0.360 e. The zero-order valence-corrected chi connectivity index (χ0v) is 13.8. The molecule has 3 rings (SSSR count). The lowest BCUT2D eigenvalue weighted by Crippen LogP contribution is -2.09. The first-order valence-electron chi connectivity index (χ1n) is 6.24. The average Bonchev–Trinajstić information content (AvgIpc) is 2.95. The molecule has 5 nitrogen and oxygen atoms in total. The van der Waals surface area contributed by atoms with Crippen LogP contribution in [0, 0.1) is 13.8 Å². The van der Waals surface area contributed by atoms with Gasteiger partial charge in [-0.3, -0.25) is 0 Å². The Bertz CT molecular complexity index is 763. The Kier molecular flexibility index (Phi) is 3.47. The van der Waals surface area contributed by atoms with Crippen LogP contribution in [0.15, 0.2) is 23.2 Å². The number of aromatic nitrogens is 4. The SMILES string of the molecule is Cc1nc(C)c(C(C)Nc2nc(Br)cn3ccnc23)s1. The smallest absolute Gasteiger partial charge is 0.180 e. The number of nitrogens with zero attached hydrogens (tertiary/aromatic N) is 4. The molecule has 0 fully saturated rings. The summed E-state index contributed by atoms with van der Waals surface area (Å²) in [6, 6.07) is 0.142. The Hall–Kier alpha value is -1.47. The molecule has 0 saturated carbocycles. The summed E-state index contributed by atoms with van der Waals surface area (Å²) < 4.78 is 2.71. The molecule has 0 aromatic carbocycles. The molecule has 7 heteroatoms. The van der Waals surface area contributed by atoms with Gasteiger partial charge in [0.1, 0.15) is 4.60 Å². The van der Waals surface area contributed by atoms with Crippen molar-refractivity contribution in [2.75, 3.05) is 5.32 Å². The van der Waals surface area contributed by atoms with Gasteiger partial charge in [-0.1, -0.05) is 0 Å². The van der Waals surface area contributed by atoms with Gasteiger partial charge in [-0.2, -0.15) is 0 Å². The van der Waals surface area contributed by atoms with Crippen molar-refractivity contribution in [1.82, 2.24) is 19.4 Å². The van der Waals surface area contributed by atoms with Crippen molar-refractivity contribution < 1.29 is 0 Å². The van der Waals surface area contributed by atoms with Crippen LogP contribution in [0.1, 0.15) is 28.5 Å². The molecule has 0 spiro atoms. The predicted octanol–water partition coefficient (Wildman–Crippen LogP) is 3.74. The van der Waals surface area contributed by atoms with E-state index in [0.29, 0.717) is 0 Å². The van der Waals surface area contributed by atoms with E-state index in [4.69, 9.17) is 0 Å². The number of aryl methyl sites for hydroxylation is 2. The number of rotatable bonds is 3. The van der Waals surface area contributed by atoms with Gasteiger partial charge in [0.05, 0.1) is 16.7 Å². The van der Waals surface area contributed by atoms with E-state index in [1.807, 2.05) is 30.6 Å². The number of imidazole rings is 1. The van der Waals surface area contributed by atoms with E-state index < -0.39 is 0 Å². The molecule has 1 atom stereocenters. The highest BCUT2D eigenvalue weighted by Crippen LogP contribution is 2.28. The number of hydrogen-bond donors (Lipinski definition) is 1. The summed E-state index contributed by atoms with van der Waals surface area (Å²) in [6.07, 6.45) is 5.56. The Morgan fingerprint density at radius 3 is 2.85 bits per heavy atom. The summed E-state index contributed by atoms with van der Waals surface area (Å²) in [6.45, 7) is 6.18. The summed E-state index contributed by atoms with van der Waals surface area (Å²) in [5, 5.41) is 4.51. The third-order valence-corrected chi connectivity index (χ3v) is 4.67. The van der Waals surface area contributed by atoms with Gasteiger partial charge < -0.3 is 9.72 Å². The Labute approximate surface area is 129 Å². The fourth-order valence-corrected chi connectivity index (χ4v) is 3.55. The minimum Gasteiger partial charge on any atom is -0.360 e. The second-order valence-corrected chi connectivity index (χ2v) is 6.67. The van der Waals surface area contributed by atoms with Crippen LogP contribution in [0.2, 0.25) is 0 Å². The molecular weight excluding hydrogens is 338 g/mol. The van der Waals surface area contributed by atoms with Crippen LogP contribution in [0.3, 0.4) is 0 Å². The highest BCUT2D eigenvalue weighted by atomic mass is 79.9. The van der Waals surface area contributed by atoms with Crippen LogP contribution in [0.25, 0.3) is 5.65 Å². The number of nitrogens with one attached hydrogen (secondary N) is 1. The molecule has 0 radical (unpaired) electrons. The third-order valence-electron chi connectivity index (χ3n) is 3.03. The van der Waals surface area contributed by atoms with E-state index in [1.54, 1.807) is 17.5 Å². The molecule has 3 heterocycles. The van der Waals surface area contributed by atoms with Gasteiger partial charge in [0, 0.05) is 23.5 Å². The van der Waals surface area contributed by atoms with Gasteiger partial charge in [0.25, 0.3) is 0 Å². The summed E-state index contributed by atoms with van der Waals surface area (Å²) >= 11 is 5.14. The fraction of sp³-hybridized carbons (Fsp3) is 0.308. The van der Waals surface area contributed by atoms with Crippen LogP contribution in [-0.4, -0.2) is 19.4 Å². The molecule has 0 amide bonds. The van der Waals surface area contributed by atoms with E-state index in [9.17, 15) is 0 Å². The topological polar surface area (TPSA) is 55.1 Å². The third kappa shape index (κ3) is 2.43. The lowest BCUT2D eigenvalue weighted by Gasteiger charge is -2.14. The molecule has 1 N–H and O–H groups in total. The van der Waals surface area contributed by atoms with Gasteiger partial charge in [-0.05, 0) is 36.7 Å². The van der Waals surface area contributed by atoms with E-state index in [0.717, 1.165) is 26.8 Å². The van der Waals surface area contributed by atoms with Crippen molar-refractivity contribution in [3.8, 4) is 0 Å². The number of halogens is 1. The molecule has 0 aliphatic heterocycles. The fourth-order valence-electron chi connectivity index (χ4n) is 2.22. The molecule has 20 heavy (non-hydrogen) atoms. The summed E-state index contributed by atoms with van der Waals surface area (Å²) in [5.41, 5.74) is 1.89. The number of anilines is 1. The van der Waals surface area contributed by atoms with E-state index in [1.165, 1.54) is 4.88 Å². The normalized spacial score (nSPS) is 12.8. The number of thiazole rings is 1. The van der Waals surface area contributed by atoms with Crippen LogP contribution >= 0.6 is 27.3 Å². The zero-order chi connectivity index (χ0) is 14.3. The Morgan fingerprint density at radius 1 is 1.35 bits per heavy atom. The van der Waals surface area contributed by atoms with Crippen LogP contribution in [-0.2, 0) is 0 Å². The van der Waals surface area contributed by atoms with Crippen molar-refractivity contribution in [2.45, 2.75) is 26.8 Å². The zero-order valence-electron chi connectivity index (χ0n) is 11.4. The molecule has 0 bridgehead atoms. The average molecular weight is 352 g/mol. The first-order chi connectivity index (χ1) is 9.54. The van der Waals surface area contributed by atoms with Gasteiger partial charge in [0.2, 0.25) is 0 Å². The number of hydrogen-bond acceptors (Lipinski definition) is 5. The molecular formula is C13H14BrN5S. The molecule has 3 aromatic heterocycles. The van der Waals surface area contributed by atoms with Crippen molar-refractivity contribution >= 4 is 38.7 Å². The summed E-state index contributed by atoms with van der Waals surface area (Å²) in [5.74, 6) is 0.766. The Morgan fingerprint density at radius 2 is 2.15 bits per heavy atom. The maximum absolute atomic E-state index is 4.48. The first-order valence-corrected chi connectivity index (χ1v) is 7.85. The van der Waals surface area contributed by atoms with Crippen LogP contribution in [0.5, 0.6) is 0 Å². The number of fused-ring (bicyclic) bond motifs is 1. The van der Waals surface area contributed by atoms with Gasteiger partial charge in [-0.15, -0.1) is 11.3 Å². The van der Waals surface area contributed by atoms with Crippen molar-refractivity contribution in [3.63, 3.8) is 0 Å². The van der Waals surface area contributed by atoms with Crippen molar-refractivity contribution in [2.24, 2.45) is 0 Å². The van der Waals surface area contributed by atoms with Gasteiger partial charge in [0.15, 0.2) is 11.5 Å². The second kappa shape index (κ2) is 5.14. The van der Waals surface area contributed by atoms with Gasteiger partial charge >= 0.3 is 0 Å². The summed E-state index contributed by atoms with van der Waals surface area (Å²) in [4.78, 5) is 14.5. The van der Waals surface area contributed by atoms with E-state index >= 15 is 0 Å². The monoisotopic (exact) mass is 351 g/mol. The van der Waals surface area contributed by atoms with Crippen molar-refractivity contribution in [3.05, 3.63) is 38.8 Å². The minimum absolute atomic E-state index is 0.142. The highest BCUT2D eigenvalue weighted by Gasteiger charge is 2.15. The maximum Gasteiger partial charge on any atom is 0.180 e. The minimum atomic E-state index is 0.142. The standard InChI is InChI=1S/C13H14BrN5S/c1-7-11(20-9(3)16-7)8(2)17-12-13-15-4-5-19(13)6-10(14)18-12/h4-6,8H,1-3H3,(H,17,18). The quantitative estimate of drug-likeness (QED) is 0.780. The molecule has 1 unspecified atom stereocenters. The van der Waals surface area contributed by atoms with E-state index in [-0.39, 0.29) is 6.04 Å². The molecule has 3 aromatic rings. The Balaban J connectivity index is 1.96. The second-order valence-electron chi connectivity index (χ2n) is 4.62. The molecule has 104 valence electrons. The molecule has 0 aliphatic rings. The van der Waals surface area contributed by atoms with Crippen molar-refractivity contribution in [1.29, 1.82) is 0 Å². The lowest BCUT2D eigenvalue weighted by molar-refractivity contribution is 0.875. The van der Waals surface area contributed by atoms with E-state index in [2.05, 4.69) is 43.1 Å². The van der Waals surface area contributed by atoms with Crippen LogP contribution < -0.4 is 5.32 Å². The maximum atomic E-state index is 4.48. The predicted molar refractivity (Wildman–Crippen MR) is 84.3 cm³/mol. The van der Waals surface area contributed by atoms with Crippen LogP contribution in [0.4, 0.5) is 5.82 Å². The van der Waals surface area contributed by atoms with Gasteiger partial charge in [-0.25, -0.2) is 15.0 Å². The lowest BCUT2D eigenvalue weighted by atomic mass is 10.2. The first kappa shape index (κ1) is 13.5. The molecule has 0 saturated heterocycles. The molecule has 0 aliphatic carbocycles. The highest BCUT2D eigenvalue weighted by molar-refractivity contribution is 9.10. The summed E-state index contributed by atoms with van der Waals surface area (Å²) in [7, 11) is 0.